The van der Waals surface area contributed by atoms with Gasteiger partial charge in [-0.25, -0.2) is 0 Å². The number of hydrogen-bond donors (Lipinski definition) is 0. The highest BCUT2D eigenvalue weighted by Gasteiger charge is 2.22. The smallest absolute Gasteiger partial charge is 0.306 e. The molecule has 0 aromatic rings. The third-order valence-electron chi connectivity index (χ3n) is 19.5. The molecule has 0 N–H and O–H groups in total. The Morgan fingerprint density at radius 1 is 0.301 bits per heavy atom. The van der Waals surface area contributed by atoms with E-state index in [0.29, 0.717) is 23.9 Å². The molecular weight excluding hydrogens is 1270 g/mol. The number of carboxylic acids is 1. The highest BCUT2D eigenvalue weighted by molar-refractivity contribution is 5.70. The van der Waals surface area contributed by atoms with Crippen molar-refractivity contribution in [2.75, 3.05) is 47.5 Å². The molecule has 9 nitrogen and oxygen atoms in total. The largest absolute Gasteiger partial charge is 0.545 e. The number of hydrogen-bond acceptors (Lipinski definition) is 8. The van der Waals surface area contributed by atoms with Gasteiger partial charge in [0.05, 0.1) is 40.3 Å². The minimum Gasteiger partial charge on any atom is -0.545 e. The molecule has 2 atom stereocenters. The van der Waals surface area contributed by atoms with Crippen LogP contribution in [-0.4, -0.2) is 82.3 Å². The third-order valence-corrected chi connectivity index (χ3v) is 19.5. The van der Waals surface area contributed by atoms with Crippen LogP contribution in [0.4, 0.5) is 0 Å². The second-order valence-corrected chi connectivity index (χ2v) is 30.8. The average molecular weight is 1440 g/mol. The van der Waals surface area contributed by atoms with E-state index in [0.717, 1.165) is 96.3 Å². The highest BCUT2D eigenvalue weighted by Crippen LogP contribution is 2.20. The van der Waals surface area contributed by atoms with Crippen LogP contribution in [0.1, 0.15) is 412 Å². The average Bonchev–Trinajstić information content (AvgIpc) is 1.01. The molecule has 0 aromatic carbocycles. The van der Waals surface area contributed by atoms with Crippen LogP contribution in [0.15, 0.2) is 109 Å². The highest BCUT2D eigenvalue weighted by atomic mass is 16.7. The molecule has 0 saturated carbocycles. The molecule has 0 heterocycles. The fourth-order valence-corrected chi connectivity index (χ4v) is 12.9. The lowest BCUT2D eigenvalue weighted by molar-refractivity contribution is -0.870. The molecule has 0 aliphatic carbocycles. The molecule has 0 fully saturated rings. The predicted octanol–water partition coefficient (Wildman–Crippen LogP) is 27.5. The number of rotatable bonds is 82. The second kappa shape index (κ2) is 83.6. The monoisotopic (exact) mass is 1440 g/mol. The number of aliphatic carboxylic acids is 1. The van der Waals surface area contributed by atoms with E-state index in [2.05, 4.69) is 123 Å². The van der Waals surface area contributed by atoms with Crippen LogP contribution in [0.3, 0.4) is 0 Å². The van der Waals surface area contributed by atoms with Crippen molar-refractivity contribution in [1.29, 1.82) is 0 Å². The molecule has 0 aliphatic heterocycles. The number of nitrogens with zero attached hydrogens (tertiary/aromatic N) is 1. The summed E-state index contributed by atoms with van der Waals surface area (Å²) in [6.45, 7) is 4.69. The molecule has 0 bridgehead atoms. The van der Waals surface area contributed by atoms with Crippen molar-refractivity contribution in [3.05, 3.63) is 109 Å². The van der Waals surface area contributed by atoms with Gasteiger partial charge in [0, 0.05) is 12.8 Å². The molecule has 9 heteroatoms. The van der Waals surface area contributed by atoms with Gasteiger partial charge >= 0.3 is 11.9 Å². The van der Waals surface area contributed by atoms with Crippen LogP contribution < -0.4 is 5.11 Å². The Kier molecular flexibility index (Phi) is 80.3. The molecule has 0 radical (unpaired) electrons. The van der Waals surface area contributed by atoms with Crippen molar-refractivity contribution < 1.29 is 42.9 Å². The molecule has 0 saturated heterocycles. The zero-order chi connectivity index (χ0) is 74.6. The molecule has 0 spiro atoms. The van der Waals surface area contributed by atoms with Gasteiger partial charge in [0.15, 0.2) is 12.4 Å². The first-order valence-electron chi connectivity index (χ1n) is 44.0. The molecule has 103 heavy (non-hydrogen) atoms. The molecule has 0 aliphatic rings. The van der Waals surface area contributed by atoms with E-state index in [9.17, 15) is 19.5 Å². The summed E-state index contributed by atoms with van der Waals surface area (Å²) in [6.07, 6.45) is 115. The Morgan fingerprint density at radius 2 is 0.553 bits per heavy atom. The summed E-state index contributed by atoms with van der Waals surface area (Å²) in [5, 5.41) is 11.9. The fraction of sp³-hybridized carbons (Fsp3) is 0.777. The number of esters is 2. The Balaban J connectivity index is 3.98. The molecule has 0 rings (SSSR count). The van der Waals surface area contributed by atoms with Gasteiger partial charge in [-0.1, -0.05) is 425 Å². The number of carbonyl (C=O) groups excluding carboxylic acids is 3. The quantitative estimate of drug-likeness (QED) is 0.0195. The summed E-state index contributed by atoms with van der Waals surface area (Å²) in [7, 11) is 5.95. The normalized spacial score (nSPS) is 13.1. The first-order chi connectivity index (χ1) is 50.6. The van der Waals surface area contributed by atoms with Crippen molar-refractivity contribution in [3.63, 3.8) is 0 Å². The summed E-state index contributed by atoms with van der Waals surface area (Å²) in [6, 6.07) is 0. The zero-order valence-electron chi connectivity index (χ0n) is 68.4. The standard InChI is InChI=1S/C94H167NO8/c1-6-8-10-12-14-16-18-20-22-24-26-28-30-32-34-36-38-40-42-44-45-46-47-49-51-53-55-57-59-61-63-65-67-69-71-73-75-77-79-81-83-85-92(97)103-90(89-102-94(93(98)99)100-87-86-95(3,4)5)88-101-91(96)84-82-80-78-76-74-72-70-68-66-64-62-60-58-56-54-52-50-48-43-41-39-37-35-33-31-29-27-25-23-21-19-17-15-13-11-9-7-2/h8,10,14,16,20,22,26,28,32,34,38,40,44-45,47,49,53,55,90,94H,6-7,9,11-13,15,17-19,21,23-25,27,29-31,33,35-37,39,41-43,46,48,50-52,54,56-89H2,1-5H3/b10-8-,16-14-,22-20-,28-26-,34-32-,40-38-,45-44-,49-47-,55-53-. The van der Waals surface area contributed by atoms with Crippen LogP contribution in [0, 0.1) is 0 Å². The van der Waals surface area contributed by atoms with Gasteiger partial charge in [-0.3, -0.25) is 9.59 Å². The summed E-state index contributed by atoms with van der Waals surface area (Å²) >= 11 is 0. The van der Waals surface area contributed by atoms with Crippen LogP contribution in [0.5, 0.6) is 0 Å². The topological polar surface area (TPSA) is 111 Å². The number of allylic oxidation sites excluding steroid dienone is 18. The number of quaternary nitrogens is 1. The van der Waals surface area contributed by atoms with Crippen molar-refractivity contribution in [2.45, 2.75) is 424 Å². The first-order valence-corrected chi connectivity index (χ1v) is 44.0. The number of unbranched alkanes of at least 4 members (excludes halogenated alkanes) is 49. The van der Waals surface area contributed by atoms with Crippen molar-refractivity contribution in [3.8, 4) is 0 Å². The summed E-state index contributed by atoms with van der Waals surface area (Å²) in [5.74, 6) is -2.26. The van der Waals surface area contributed by atoms with E-state index in [1.807, 2.05) is 21.1 Å². The second-order valence-electron chi connectivity index (χ2n) is 30.8. The van der Waals surface area contributed by atoms with Gasteiger partial charge in [-0.2, -0.15) is 0 Å². The van der Waals surface area contributed by atoms with E-state index in [-0.39, 0.29) is 32.2 Å². The van der Waals surface area contributed by atoms with E-state index in [4.69, 9.17) is 18.9 Å². The van der Waals surface area contributed by atoms with Crippen LogP contribution in [0.2, 0.25) is 0 Å². The Morgan fingerprint density at radius 3 is 0.825 bits per heavy atom. The minimum atomic E-state index is -1.63. The fourth-order valence-electron chi connectivity index (χ4n) is 12.9. The van der Waals surface area contributed by atoms with Gasteiger partial charge in [0.25, 0.3) is 0 Å². The van der Waals surface area contributed by atoms with Crippen LogP contribution in [0.25, 0.3) is 0 Å². The summed E-state index contributed by atoms with van der Waals surface area (Å²) in [5.41, 5.74) is 0. The van der Waals surface area contributed by atoms with Crippen LogP contribution >= 0.6 is 0 Å². The van der Waals surface area contributed by atoms with Crippen molar-refractivity contribution in [2.24, 2.45) is 0 Å². The molecule has 0 aromatic heterocycles. The first kappa shape index (κ1) is 98.9. The molecular formula is C94H167NO8. The van der Waals surface area contributed by atoms with E-state index in [1.54, 1.807) is 0 Å². The van der Waals surface area contributed by atoms with E-state index in [1.165, 1.54) is 283 Å². The summed E-state index contributed by atoms with van der Waals surface area (Å²) in [4.78, 5) is 37.7. The maximum absolute atomic E-state index is 13.0. The lowest BCUT2D eigenvalue weighted by Crippen LogP contribution is -2.44. The van der Waals surface area contributed by atoms with Gasteiger partial charge in [-0.15, -0.1) is 0 Å². The minimum absolute atomic E-state index is 0.146. The molecule has 0 amide bonds. The molecule has 596 valence electrons. The van der Waals surface area contributed by atoms with Crippen molar-refractivity contribution >= 4 is 17.9 Å². The number of likely N-dealkylation sites (N-methyl/N-ethyl adjacent to an activating group) is 1. The van der Waals surface area contributed by atoms with Crippen molar-refractivity contribution in [1.82, 2.24) is 0 Å². The maximum Gasteiger partial charge on any atom is 0.306 e. The Bertz CT molecular complexity index is 2070. The maximum atomic E-state index is 13.0. The van der Waals surface area contributed by atoms with Gasteiger partial charge in [0.1, 0.15) is 13.2 Å². The van der Waals surface area contributed by atoms with E-state index >= 15 is 0 Å². The van der Waals surface area contributed by atoms with Gasteiger partial charge in [0.2, 0.25) is 0 Å². The van der Waals surface area contributed by atoms with Gasteiger partial charge in [-0.05, 0) is 83.5 Å². The third kappa shape index (κ3) is 85.1. The number of carboxylic acid groups (broad SMARTS) is 1. The predicted molar refractivity (Wildman–Crippen MR) is 444 cm³/mol. The van der Waals surface area contributed by atoms with Gasteiger partial charge < -0.3 is 33.3 Å². The lowest BCUT2D eigenvalue weighted by Gasteiger charge is -2.26. The Labute approximate surface area is 638 Å². The summed E-state index contributed by atoms with van der Waals surface area (Å²) < 4.78 is 22.9. The van der Waals surface area contributed by atoms with Crippen LogP contribution in [-0.2, 0) is 33.3 Å². The SMILES string of the molecule is CC/C=C\C/C=C\C/C=C\C/C=C\C/C=C\C/C=C\C/C=C\C/C=C\C/C=C\CCCCCCCCCCCCCCCC(=O)OC(COC(=O)CCCCCCCCCCCCCCCCCCCCCCCCCCCCCCCCCCCCCCC)COC(OCC[N+](C)(C)C)C(=O)[O-]. The van der Waals surface area contributed by atoms with E-state index < -0.39 is 24.3 Å². The zero-order valence-corrected chi connectivity index (χ0v) is 68.4. The number of carbonyl (C=O) groups is 3. The Hall–Kier alpha value is -4.05. The molecule has 2 unspecified atom stereocenters. The lowest BCUT2D eigenvalue weighted by atomic mass is 10.0. The number of ether oxygens (including phenoxy) is 4.